The smallest absolute Gasteiger partial charge is 0.266 e. The van der Waals surface area contributed by atoms with E-state index in [9.17, 15) is 0 Å². The van der Waals surface area contributed by atoms with Crippen molar-refractivity contribution in [2.45, 2.75) is 0 Å². The summed E-state index contributed by atoms with van der Waals surface area (Å²) < 4.78 is 0. The van der Waals surface area contributed by atoms with Crippen LogP contribution in [0.4, 0.5) is 0 Å². The van der Waals surface area contributed by atoms with Gasteiger partial charge in [0.1, 0.15) is 8.55 Å². The summed E-state index contributed by atoms with van der Waals surface area (Å²) in [5.74, 6) is 0. The van der Waals surface area contributed by atoms with Crippen molar-refractivity contribution in [3.05, 3.63) is 24.8 Å². The molecule has 0 fully saturated rings. The fourth-order valence-electron chi connectivity index (χ4n) is 0.853. The van der Waals surface area contributed by atoms with E-state index in [1.807, 2.05) is 24.8 Å². The van der Waals surface area contributed by atoms with Gasteiger partial charge < -0.3 is 19.9 Å². The maximum atomic E-state index is 3.32. The molecule has 56 valence electrons. The van der Waals surface area contributed by atoms with Gasteiger partial charge in [-0.1, -0.05) is 0 Å². The Morgan fingerprint density at radius 3 is 1.45 bits per heavy atom. The fraction of sp³-hybridized carbons (Fsp3) is 0. The highest BCUT2D eigenvalue weighted by molar-refractivity contribution is 7.39. The molecule has 0 amide bonds. The lowest BCUT2D eigenvalue weighted by atomic mass is 11.0. The Labute approximate surface area is 71.1 Å². The number of nitrogens with one attached hydrogen (secondary N) is 4. The Hall–Kier alpha value is -0.669. The average molecular weight is 196 g/mol. The van der Waals surface area contributed by atoms with Crippen LogP contribution in [0.1, 0.15) is 0 Å². The zero-order valence-electron chi connectivity index (χ0n) is 5.81. The maximum Gasteiger partial charge on any atom is 0.266 e. The Morgan fingerprint density at radius 1 is 0.727 bits per heavy atom. The predicted octanol–water partition coefficient (Wildman–Crippen LogP) is -2.01. The zero-order valence-corrected chi connectivity index (χ0v) is 8.81. The van der Waals surface area contributed by atoms with Crippen LogP contribution in [0.25, 0.3) is 0 Å². The normalized spacial score (nSPS) is 22.5. The molecule has 2 aliphatic rings. The van der Waals surface area contributed by atoms with Gasteiger partial charge in [0.05, 0.1) is 0 Å². The highest BCUT2D eigenvalue weighted by Gasteiger charge is 2.24. The van der Waals surface area contributed by atoms with Crippen molar-refractivity contribution in [3.8, 4) is 0 Å². The topological polar surface area (TPSA) is 48.1 Å². The van der Waals surface area contributed by atoms with E-state index in [4.69, 9.17) is 0 Å². The van der Waals surface area contributed by atoms with Crippen molar-refractivity contribution in [2.75, 3.05) is 0 Å². The second-order valence-electron chi connectivity index (χ2n) is 2.12. The maximum absolute atomic E-state index is 3.32. The third-order valence-electron chi connectivity index (χ3n) is 1.33. The molecule has 7 heteroatoms. The largest absolute Gasteiger partial charge is 0.402 e. The first kappa shape index (κ1) is 7.01. The fourth-order valence-corrected chi connectivity index (χ4v) is 10.0. The van der Waals surface area contributed by atoms with E-state index >= 15 is 0 Å². The molecule has 2 rings (SSSR count). The Kier molecular flexibility index (Phi) is 2.01. The standard InChI is InChI=1S/C4H8N4Si3/c1-2-6-10(5-1)9-11-7-3-4-8-11/h1-8H. The molecule has 0 unspecified atom stereocenters. The summed E-state index contributed by atoms with van der Waals surface area (Å²) in [6.45, 7) is 0. The Morgan fingerprint density at radius 2 is 1.09 bits per heavy atom. The molecule has 4 nitrogen and oxygen atoms in total. The molecule has 0 aromatic rings. The van der Waals surface area contributed by atoms with Crippen molar-refractivity contribution >= 4 is 25.8 Å². The summed E-state index contributed by atoms with van der Waals surface area (Å²) in [6.07, 6.45) is 7.97. The first-order chi connectivity index (χ1) is 5.45. The molecule has 0 atom stereocenters. The first-order valence-electron chi connectivity index (χ1n) is 3.32. The SMILES string of the molecule is C1=CN[Si]([Si][Si]2NC=CN2)N1. The minimum Gasteiger partial charge on any atom is -0.402 e. The lowest BCUT2D eigenvalue weighted by molar-refractivity contribution is 1.33. The van der Waals surface area contributed by atoms with Gasteiger partial charge in [-0.2, -0.15) is 0 Å². The van der Waals surface area contributed by atoms with Crippen molar-refractivity contribution < 1.29 is 0 Å². The van der Waals surface area contributed by atoms with Gasteiger partial charge in [0, 0.05) is 24.8 Å². The predicted molar refractivity (Wildman–Crippen MR) is 48.1 cm³/mol. The molecule has 0 aromatic heterocycles. The summed E-state index contributed by atoms with van der Waals surface area (Å²) in [6, 6.07) is 0. The molecule has 0 aliphatic carbocycles. The summed E-state index contributed by atoms with van der Waals surface area (Å²) >= 11 is 0. The van der Waals surface area contributed by atoms with Gasteiger partial charge in [0.25, 0.3) is 17.3 Å². The lowest BCUT2D eigenvalue weighted by Gasteiger charge is -2.11. The van der Waals surface area contributed by atoms with Gasteiger partial charge >= 0.3 is 0 Å². The second-order valence-corrected chi connectivity index (χ2v) is 11.0. The quantitative estimate of drug-likeness (QED) is 0.386. The third kappa shape index (κ3) is 1.67. The molecule has 2 heterocycles. The van der Waals surface area contributed by atoms with Crippen LogP contribution in [0.3, 0.4) is 0 Å². The summed E-state index contributed by atoms with van der Waals surface area (Å²) in [5, 5.41) is 0. The van der Waals surface area contributed by atoms with Gasteiger partial charge in [-0.3, -0.25) is 0 Å². The van der Waals surface area contributed by atoms with Gasteiger partial charge in [-0.15, -0.1) is 0 Å². The van der Waals surface area contributed by atoms with Crippen LogP contribution in [-0.4, -0.2) is 25.8 Å². The van der Waals surface area contributed by atoms with Crippen molar-refractivity contribution in [2.24, 2.45) is 0 Å². The second kappa shape index (κ2) is 3.15. The van der Waals surface area contributed by atoms with Crippen LogP contribution in [0.2, 0.25) is 0 Å². The lowest BCUT2D eigenvalue weighted by Crippen LogP contribution is -2.57. The molecule has 2 aliphatic heterocycles. The van der Waals surface area contributed by atoms with E-state index in [2.05, 4.69) is 19.9 Å². The number of hydrogen-bond acceptors (Lipinski definition) is 4. The molecule has 0 aromatic carbocycles. The molecule has 0 bridgehead atoms. The van der Waals surface area contributed by atoms with E-state index in [1.165, 1.54) is 0 Å². The van der Waals surface area contributed by atoms with Crippen LogP contribution in [0.15, 0.2) is 24.8 Å². The van der Waals surface area contributed by atoms with Gasteiger partial charge in [0.2, 0.25) is 0 Å². The van der Waals surface area contributed by atoms with E-state index in [0.29, 0.717) is 0 Å². The van der Waals surface area contributed by atoms with Crippen LogP contribution in [-0.2, 0) is 0 Å². The molecular formula is C4H8N4Si3. The molecule has 0 saturated carbocycles. The monoisotopic (exact) mass is 196 g/mol. The van der Waals surface area contributed by atoms with Crippen LogP contribution < -0.4 is 19.9 Å². The molecular weight excluding hydrogens is 188 g/mol. The third-order valence-corrected chi connectivity index (χ3v) is 11.4. The summed E-state index contributed by atoms with van der Waals surface area (Å²) in [5.41, 5.74) is 0. The van der Waals surface area contributed by atoms with E-state index in [-0.39, 0.29) is 0 Å². The van der Waals surface area contributed by atoms with Gasteiger partial charge in [-0.25, -0.2) is 0 Å². The van der Waals surface area contributed by atoms with Crippen LogP contribution in [0, 0.1) is 0 Å². The van der Waals surface area contributed by atoms with Gasteiger partial charge in [-0.05, 0) is 0 Å². The Bertz CT molecular complexity index is 158. The molecule has 11 heavy (non-hydrogen) atoms. The minimum atomic E-state index is -0.498. The van der Waals surface area contributed by atoms with Gasteiger partial charge in [0.15, 0.2) is 0 Å². The number of rotatable bonds is 2. The summed E-state index contributed by atoms with van der Waals surface area (Å²) in [4.78, 5) is 13.3. The average Bonchev–Trinajstić information content (AvgIpc) is 2.60. The highest BCUT2D eigenvalue weighted by Crippen LogP contribution is 1.84. The van der Waals surface area contributed by atoms with Crippen molar-refractivity contribution in [3.63, 3.8) is 0 Å². The first-order valence-corrected chi connectivity index (χ1v) is 9.32. The Balaban J connectivity index is 1.73. The summed E-state index contributed by atoms with van der Waals surface area (Å²) in [7, 11) is -0.0227. The van der Waals surface area contributed by atoms with E-state index in [0.717, 1.165) is 8.55 Å². The molecule has 0 saturated heterocycles. The van der Waals surface area contributed by atoms with Crippen molar-refractivity contribution in [1.82, 2.24) is 19.9 Å². The molecule has 0 spiro atoms. The zero-order chi connectivity index (χ0) is 7.52. The molecule has 4 N–H and O–H groups in total. The van der Waals surface area contributed by atoms with Crippen molar-refractivity contribution in [1.29, 1.82) is 0 Å². The highest BCUT2D eigenvalue weighted by atomic mass is 29.6. The minimum absolute atomic E-state index is 0.498. The van der Waals surface area contributed by atoms with E-state index in [1.54, 1.807) is 0 Å². The van der Waals surface area contributed by atoms with E-state index < -0.39 is 17.3 Å². The van der Waals surface area contributed by atoms with Crippen LogP contribution in [0.5, 0.6) is 0 Å². The molecule has 4 radical (unpaired) electrons. The van der Waals surface area contributed by atoms with Crippen LogP contribution >= 0.6 is 0 Å². The number of hydrogen-bond donors (Lipinski definition) is 4.